The first-order chi connectivity index (χ1) is 13.9. The molecule has 0 bridgehead atoms. The standard InChI is InChI=1S/C23H21F3N2O/c24-23(25,26)21-13-11-18(12-14-21)15-27-22(29)28(16-19-7-3-1-4-8-19)17-20-9-5-2-6-10-20/h1-14H,15-17H2,(H,27,29). The van der Waals surface area contributed by atoms with Crippen LogP contribution < -0.4 is 5.32 Å². The fourth-order valence-corrected chi connectivity index (χ4v) is 2.91. The van der Waals surface area contributed by atoms with Gasteiger partial charge in [0, 0.05) is 19.6 Å². The summed E-state index contributed by atoms with van der Waals surface area (Å²) in [6, 6.07) is 23.8. The molecule has 3 rings (SSSR count). The molecule has 0 heterocycles. The summed E-state index contributed by atoms with van der Waals surface area (Å²) in [6.07, 6.45) is -4.37. The monoisotopic (exact) mass is 398 g/mol. The van der Waals surface area contributed by atoms with E-state index in [1.54, 1.807) is 4.90 Å². The molecule has 0 saturated heterocycles. The van der Waals surface area contributed by atoms with Crippen LogP contribution in [0.1, 0.15) is 22.3 Å². The average Bonchev–Trinajstić information content (AvgIpc) is 2.73. The molecule has 0 radical (unpaired) electrons. The van der Waals surface area contributed by atoms with Crippen molar-refractivity contribution in [2.75, 3.05) is 0 Å². The van der Waals surface area contributed by atoms with E-state index in [0.29, 0.717) is 18.7 Å². The Labute approximate surface area is 167 Å². The summed E-state index contributed by atoms with van der Waals surface area (Å²) in [5.41, 5.74) is 1.88. The van der Waals surface area contributed by atoms with Gasteiger partial charge in [-0.15, -0.1) is 0 Å². The summed E-state index contributed by atoms with van der Waals surface area (Å²) in [5, 5.41) is 2.80. The predicted molar refractivity (Wildman–Crippen MR) is 106 cm³/mol. The molecule has 0 atom stereocenters. The van der Waals surface area contributed by atoms with E-state index in [1.165, 1.54) is 12.1 Å². The highest BCUT2D eigenvalue weighted by atomic mass is 19.4. The topological polar surface area (TPSA) is 32.3 Å². The number of carbonyl (C=O) groups is 1. The van der Waals surface area contributed by atoms with Crippen LogP contribution in [0.5, 0.6) is 0 Å². The maximum Gasteiger partial charge on any atom is 0.416 e. The van der Waals surface area contributed by atoms with E-state index in [2.05, 4.69) is 5.32 Å². The lowest BCUT2D eigenvalue weighted by molar-refractivity contribution is -0.137. The fraction of sp³-hybridized carbons (Fsp3) is 0.174. The molecule has 2 amide bonds. The molecule has 6 heteroatoms. The zero-order chi connectivity index (χ0) is 20.7. The maximum absolute atomic E-state index is 12.8. The normalized spacial score (nSPS) is 11.1. The third-order valence-electron chi connectivity index (χ3n) is 4.44. The van der Waals surface area contributed by atoms with Gasteiger partial charge in [0.2, 0.25) is 0 Å². The van der Waals surface area contributed by atoms with Crippen LogP contribution in [0, 0.1) is 0 Å². The van der Waals surface area contributed by atoms with Crippen LogP contribution in [0.15, 0.2) is 84.9 Å². The minimum absolute atomic E-state index is 0.150. The van der Waals surface area contributed by atoms with Crippen molar-refractivity contribution < 1.29 is 18.0 Å². The number of rotatable bonds is 6. The SMILES string of the molecule is O=C(NCc1ccc(C(F)(F)F)cc1)N(Cc1ccccc1)Cc1ccccc1. The minimum Gasteiger partial charge on any atom is -0.334 e. The van der Waals surface area contributed by atoms with Crippen molar-refractivity contribution in [2.24, 2.45) is 0 Å². The van der Waals surface area contributed by atoms with Gasteiger partial charge in [0.15, 0.2) is 0 Å². The van der Waals surface area contributed by atoms with E-state index in [-0.39, 0.29) is 12.6 Å². The number of alkyl halides is 3. The summed E-state index contributed by atoms with van der Waals surface area (Å²) in [4.78, 5) is 14.5. The van der Waals surface area contributed by atoms with E-state index in [9.17, 15) is 18.0 Å². The van der Waals surface area contributed by atoms with Crippen LogP contribution in [0.4, 0.5) is 18.0 Å². The van der Waals surface area contributed by atoms with Gasteiger partial charge in [-0.3, -0.25) is 0 Å². The van der Waals surface area contributed by atoms with Gasteiger partial charge in [-0.05, 0) is 28.8 Å². The van der Waals surface area contributed by atoms with Crippen molar-refractivity contribution in [3.05, 3.63) is 107 Å². The molecule has 0 aliphatic heterocycles. The van der Waals surface area contributed by atoms with Gasteiger partial charge in [-0.2, -0.15) is 13.2 Å². The molecule has 0 aliphatic rings. The Morgan fingerprint density at radius 1 is 0.724 bits per heavy atom. The van der Waals surface area contributed by atoms with Crippen LogP contribution >= 0.6 is 0 Å². The Hall–Kier alpha value is -3.28. The Kier molecular flexibility index (Phi) is 6.54. The van der Waals surface area contributed by atoms with Crippen LogP contribution in [0.2, 0.25) is 0 Å². The molecule has 3 nitrogen and oxygen atoms in total. The Balaban J connectivity index is 1.67. The van der Waals surface area contributed by atoms with Crippen molar-refractivity contribution in [2.45, 2.75) is 25.8 Å². The highest BCUT2D eigenvalue weighted by Crippen LogP contribution is 2.29. The molecule has 3 aromatic rings. The quantitative estimate of drug-likeness (QED) is 0.574. The highest BCUT2D eigenvalue weighted by molar-refractivity contribution is 5.74. The number of urea groups is 1. The first-order valence-corrected chi connectivity index (χ1v) is 9.18. The lowest BCUT2D eigenvalue weighted by atomic mass is 10.1. The lowest BCUT2D eigenvalue weighted by Gasteiger charge is -2.23. The molecule has 0 aliphatic carbocycles. The first kappa shape index (κ1) is 20.5. The number of amides is 2. The summed E-state index contributed by atoms with van der Waals surface area (Å²) < 4.78 is 38.0. The Bertz CT molecular complexity index is 869. The zero-order valence-electron chi connectivity index (χ0n) is 15.7. The van der Waals surface area contributed by atoms with Gasteiger partial charge in [-0.1, -0.05) is 72.8 Å². The highest BCUT2D eigenvalue weighted by Gasteiger charge is 2.29. The van der Waals surface area contributed by atoms with E-state index in [1.807, 2.05) is 60.7 Å². The van der Waals surface area contributed by atoms with E-state index in [0.717, 1.165) is 23.3 Å². The van der Waals surface area contributed by atoms with Crippen molar-refractivity contribution in [3.8, 4) is 0 Å². The predicted octanol–water partition coefficient (Wildman–Crippen LogP) is 5.62. The van der Waals surface area contributed by atoms with Crippen molar-refractivity contribution in [1.82, 2.24) is 10.2 Å². The molecule has 0 spiro atoms. The molecular weight excluding hydrogens is 377 g/mol. The molecule has 150 valence electrons. The molecule has 0 unspecified atom stereocenters. The number of halogens is 3. The van der Waals surface area contributed by atoms with Crippen LogP contribution in [-0.4, -0.2) is 10.9 Å². The number of nitrogens with one attached hydrogen (secondary N) is 1. The summed E-state index contributed by atoms with van der Waals surface area (Å²) in [5.74, 6) is 0. The van der Waals surface area contributed by atoms with Gasteiger partial charge in [-0.25, -0.2) is 4.79 Å². The minimum atomic E-state index is -4.37. The first-order valence-electron chi connectivity index (χ1n) is 9.18. The van der Waals surface area contributed by atoms with Crippen LogP contribution in [-0.2, 0) is 25.8 Å². The molecule has 3 aromatic carbocycles. The molecule has 0 aromatic heterocycles. The van der Waals surface area contributed by atoms with Gasteiger partial charge in [0.25, 0.3) is 0 Å². The number of nitrogens with zero attached hydrogens (tertiary/aromatic N) is 1. The van der Waals surface area contributed by atoms with Gasteiger partial charge in [0.05, 0.1) is 5.56 Å². The third-order valence-corrected chi connectivity index (χ3v) is 4.44. The van der Waals surface area contributed by atoms with Crippen LogP contribution in [0.25, 0.3) is 0 Å². The molecule has 0 saturated carbocycles. The third kappa shape index (κ3) is 6.10. The number of hydrogen-bond donors (Lipinski definition) is 1. The number of carbonyl (C=O) groups excluding carboxylic acids is 1. The van der Waals surface area contributed by atoms with Crippen LogP contribution in [0.3, 0.4) is 0 Å². The second-order valence-electron chi connectivity index (χ2n) is 6.68. The van der Waals surface area contributed by atoms with Crippen molar-refractivity contribution >= 4 is 6.03 Å². The van der Waals surface area contributed by atoms with Crippen molar-refractivity contribution in [1.29, 1.82) is 0 Å². The molecule has 0 fully saturated rings. The lowest BCUT2D eigenvalue weighted by Crippen LogP contribution is -2.38. The largest absolute Gasteiger partial charge is 0.416 e. The average molecular weight is 398 g/mol. The zero-order valence-corrected chi connectivity index (χ0v) is 15.7. The van der Waals surface area contributed by atoms with E-state index in [4.69, 9.17) is 0 Å². The Morgan fingerprint density at radius 2 is 1.21 bits per heavy atom. The van der Waals surface area contributed by atoms with Gasteiger partial charge < -0.3 is 10.2 Å². The second-order valence-corrected chi connectivity index (χ2v) is 6.68. The number of benzene rings is 3. The van der Waals surface area contributed by atoms with Gasteiger partial charge >= 0.3 is 12.2 Å². The van der Waals surface area contributed by atoms with Crippen molar-refractivity contribution in [3.63, 3.8) is 0 Å². The second kappa shape index (κ2) is 9.28. The number of hydrogen-bond acceptors (Lipinski definition) is 1. The van der Waals surface area contributed by atoms with E-state index >= 15 is 0 Å². The van der Waals surface area contributed by atoms with E-state index < -0.39 is 11.7 Å². The molecule has 29 heavy (non-hydrogen) atoms. The maximum atomic E-state index is 12.8. The molecular formula is C23H21F3N2O. The summed E-state index contributed by atoms with van der Waals surface area (Å²) in [7, 11) is 0. The molecule has 1 N–H and O–H groups in total. The Morgan fingerprint density at radius 3 is 1.66 bits per heavy atom. The summed E-state index contributed by atoms with van der Waals surface area (Å²) in [6.45, 7) is 1.00. The fourth-order valence-electron chi connectivity index (χ4n) is 2.91. The summed E-state index contributed by atoms with van der Waals surface area (Å²) >= 11 is 0. The smallest absolute Gasteiger partial charge is 0.334 e. The van der Waals surface area contributed by atoms with Gasteiger partial charge in [0.1, 0.15) is 0 Å².